The summed E-state index contributed by atoms with van der Waals surface area (Å²) in [7, 11) is -2.16. The van der Waals surface area contributed by atoms with E-state index in [9.17, 15) is 12.8 Å². The summed E-state index contributed by atoms with van der Waals surface area (Å²) in [5, 5.41) is 3.04. The number of hydrogen-bond acceptors (Lipinski definition) is 3. The van der Waals surface area contributed by atoms with Crippen LogP contribution in [0.5, 0.6) is 5.75 Å². The summed E-state index contributed by atoms with van der Waals surface area (Å²) in [5.74, 6) is 0.160. The first kappa shape index (κ1) is 17.9. The lowest BCUT2D eigenvalue weighted by molar-refractivity contribution is 0.417. The normalized spacial score (nSPS) is 11.8. The summed E-state index contributed by atoms with van der Waals surface area (Å²) in [4.78, 5) is 0.135. The number of benzene rings is 4. The average Bonchev–Trinajstić information content (AvgIpc) is 2.65. The van der Waals surface area contributed by atoms with E-state index < -0.39 is 8.27 Å². The fourth-order valence-corrected chi connectivity index (χ4v) is 4.92. The molecule has 136 valence electrons. The Bertz CT molecular complexity index is 1300. The van der Waals surface area contributed by atoms with Gasteiger partial charge in [0.25, 0.3) is 0 Å². The molecule has 0 heterocycles. The van der Waals surface area contributed by atoms with Gasteiger partial charge in [-0.25, -0.2) is 12.8 Å². The lowest BCUT2D eigenvalue weighted by atomic mass is 9.93. The van der Waals surface area contributed by atoms with E-state index in [2.05, 4.69) is 14.8 Å². The molecule has 0 N–H and O–H groups in total. The van der Waals surface area contributed by atoms with Crippen molar-refractivity contribution < 1.29 is 17.5 Å². The summed E-state index contributed by atoms with van der Waals surface area (Å²) < 4.78 is 44.2. The van der Waals surface area contributed by atoms with Crippen LogP contribution in [0, 0.1) is 5.82 Å². The van der Waals surface area contributed by atoms with E-state index in [4.69, 9.17) is 4.74 Å². The molecule has 0 fully saturated rings. The van der Waals surface area contributed by atoms with Crippen molar-refractivity contribution in [3.63, 3.8) is 0 Å². The van der Waals surface area contributed by atoms with Crippen molar-refractivity contribution in [2.24, 2.45) is 0 Å². The highest BCUT2D eigenvalue weighted by Gasteiger charge is 2.23. The Labute approximate surface area is 163 Å². The van der Waals surface area contributed by atoms with Crippen molar-refractivity contribution in [3.05, 3.63) is 72.5 Å². The van der Waals surface area contributed by atoms with E-state index in [1.165, 1.54) is 19.2 Å². The Balaban J connectivity index is 2.26. The van der Waals surface area contributed by atoms with Crippen LogP contribution in [0.2, 0.25) is 0 Å². The molecule has 3 nitrogen and oxygen atoms in total. The molecule has 4 aromatic rings. The van der Waals surface area contributed by atoms with Gasteiger partial charge in [0, 0.05) is 11.1 Å². The molecule has 27 heavy (non-hydrogen) atoms. The third-order valence-electron chi connectivity index (χ3n) is 4.57. The van der Waals surface area contributed by atoms with Gasteiger partial charge < -0.3 is 4.74 Å². The topological polar surface area (TPSA) is 43.4 Å². The molecule has 0 aliphatic heterocycles. The second kappa shape index (κ2) is 6.62. The Morgan fingerprint density at radius 1 is 0.852 bits per heavy atom. The Hall–Kier alpha value is -2.44. The van der Waals surface area contributed by atoms with E-state index in [0.29, 0.717) is 27.6 Å². The fraction of sp³-hybridized carbons (Fsp3) is 0.0476. The summed E-state index contributed by atoms with van der Waals surface area (Å²) in [5.41, 5.74) is 1.14. The highest BCUT2D eigenvalue weighted by atomic mass is 79.9. The molecule has 0 aromatic heterocycles. The summed E-state index contributed by atoms with van der Waals surface area (Å²) in [6, 6.07) is 18.8. The number of rotatable bonds is 3. The predicted octanol–water partition coefficient (Wildman–Crippen LogP) is 5.89. The van der Waals surface area contributed by atoms with Crippen LogP contribution in [0.15, 0.2) is 71.6 Å². The third-order valence-corrected chi connectivity index (χ3v) is 6.48. The molecular weight excluding hydrogens is 431 g/mol. The van der Waals surface area contributed by atoms with Gasteiger partial charge in [0.1, 0.15) is 11.6 Å². The van der Waals surface area contributed by atoms with Gasteiger partial charge in [0.05, 0.1) is 26.8 Å². The first-order valence-corrected chi connectivity index (χ1v) is 11.5. The van der Waals surface area contributed by atoms with Crippen molar-refractivity contribution in [2.75, 3.05) is 7.11 Å². The molecule has 0 aliphatic carbocycles. The lowest BCUT2D eigenvalue weighted by Gasteiger charge is -2.17. The summed E-state index contributed by atoms with van der Waals surface area (Å²) in [6.45, 7) is 0. The Morgan fingerprint density at radius 3 is 2.30 bits per heavy atom. The monoisotopic (exact) mass is 444 g/mol. The molecule has 0 saturated carbocycles. The first-order valence-electron chi connectivity index (χ1n) is 8.13. The van der Waals surface area contributed by atoms with Crippen LogP contribution < -0.4 is 4.74 Å². The minimum absolute atomic E-state index is 0.135. The van der Waals surface area contributed by atoms with Crippen molar-refractivity contribution in [1.82, 2.24) is 0 Å². The number of methoxy groups -OCH3 is 1. The number of ether oxygens (including phenoxy) is 1. The van der Waals surface area contributed by atoms with Crippen LogP contribution in [-0.4, -0.2) is 15.5 Å². The van der Waals surface area contributed by atoms with Crippen LogP contribution in [0.25, 0.3) is 32.7 Å². The summed E-state index contributed by atoms with van der Waals surface area (Å²) in [6.07, 6.45) is 0. The number of halogens is 2. The van der Waals surface area contributed by atoms with E-state index >= 15 is 0 Å². The van der Waals surface area contributed by atoms with Gasteiger partial charge in [0.2, 0.25) is 8.27 Å². The van der Waals surface area contributed by atoms with Crippen LogP contribution in [-0.2, 0) is 8.27 Å². The third kappa shape index (κ3) is 3.09. The lowest BCUT2D eigenvalue weighted by Crippen LogP contribution is -1.98. The van der Waals surface area contributed by atoms with Gasteiger partial charge >= 0.3 is 0 Å². The van der Waals surface area contributed by atoms with Crippen molar-refractivity contribution in [3.8, 4) is 16.9 Å². The van der Waals surface area contributed by atoms with Gasteiger partial charge in [-0.05, 0) is 45.8 Å². The van der Waals surface area contributed by atoms with Crippen molar-refractivity contribution >= 4 is 44.6 Å². The maximum atomic E-state index is 13.7. The first-order chi connectivity index (χ1) is 12.9. The van der Waals surface area contributed by atoms with E-state index in [0.717, 1.165) is 10.8 Å². The molecule has 0 radical (unpaired) electrons. The molecule has 0 bridgehead atoms. The van der Waals surface area contributed by atoms with Gasteiger partial charge in [-0.1, -0.05) is 42.5 Å². The molecule has 0 atom stereocenters. The van der Waals surface area contributed by atoms with Gasteiger partial charge in [0.15, 0.2) is 0 Å². The van der Waals surface area contributed by atoms with Gasteiger partial charge in [-0.3, -0.25) is 0 Å². The smallest absolute Gasteiger partial charge is 0.238 e. The Kier molecular flexibility index (Phi) is 4.40. The fourth-order valence-electron chi connectivity index (χ4n) is 3.42. The zero-order chi connectivity index (χ0) is 19.2. The minimum Gasteiger partial charge on any atom is -0.496 e. The molecule has 0 unspecified atom stereocenters. The second-order valence-electron chi connectivity index (χ2n) is 6.11. The Morgan fingerprint density at radius 2 is 1.56 bits per heavy atom. The molecular formula is C21H14BrFO3S. The van der Waals surface area contributed by atoms with Gasteiger partial charge in [-0.15, -0.1) is 0 Å². The SMILES string of the molecule is COc1ccc2cc(F)ccc2c1-c1c(S(=O)(=O)Br)ccc2ccccc12. The molecule has 4 rings (SSSR count). The highest BCUT2D eigenvalue weighted by molar-refractivity contribution is 9.47. The molecule has 4 aromatic carbocycles. The maximum Gasteiger partial charge on any atom is 0.238 e. The predicted molar refractivity (Wildman–Crippen MR) is 110 cm³/mol. The zero-order valence-electron chi connectivity index (χ0n) is 14.2. The van der Waals surface area contributed by atoms with Gasteiger partial charge in [-0.2, -0.15) is 0 Å². The number of fused-ring (bicyclic) bond motifs is 2. The molecule has 0 spiro atoms. The molecule has 6 heteroatoms. The maximum absolute atomic E-state index is 13.7. The molecule has 0 saturated heterocycles. The van der Waals surface area contributed by atoms with E-state index in [1.54, 1.807) is 30.3 Å². The van der Waals surface area contributed by atoms with Crippen LogP contribution in [0.3, 0.4) is 0 Å². The summed E-state index contributed by atoms with van der Waals surface area (Å²) >= 11 is 2.81. The standard InChI is InChI=1S/C21H14BrFO3S/c1-26-18-10-6-14-12-15(23)8-9-17(14)20(18)21-16-5-3-2-4-13(16)7-11-19(21)27(22,24)25/h2-12H,1H3. The van der Waals surface area contributed by atoms with E-state index in [-0.39, 0.29) is 10.7 Å². The van der Waals surface area contributed by atoms with E-state index in [1.807, 2.05) is 24.3 Å². The largest absolute Gasteiger partial charge is 0.496 e. The van der Waals surface area contributed by atoms with Crippen molar-refractivity contribution in [2.45, 2.75) is 4.90 Å². The van der Waals surface area contributed by atoms with Crippen LogP contribution >= 0.6 is 14.8 Å². The second-order valence-corrected chi connectivity index (χ2v) is 9.98. The minimum atomic E-state index is -3.69. The molecule has 0 aliphatic rings. The molecule has 0 amide bonds. The quantitative estimate of drug-likeness (QED) is 0.370. The van der Waals surface area contributed by atoms with Crippen molar-refractivity contribution in [1.29, 1.82) is 0 Å². The average molecular weight is 445 g/mol. The highest BCUT2D eigenvalue weighted by Crippen LogP contribution is 2.44. The number of hydrogen-bond donors (Lipinski definition) is 0. The van der Waals surface area contributed by atoms with Crippen LogP contribution in [0.4, 0.5) is 4.39 Å². The van der Waals surface area contributed by atoms with Crippen LogP contribution in [0.1, 0.15) is 0 Å². The zero-order valence-corrected chi connectivity index (χ0v) is 16.6.